The number of primary amides is 1. The van der Waals surface area contributed by atoms with Gasteiger partial charge in [-0.05, 0) is 24.5 Å². The van der Waals surface area contributed by atoms with Gasteiger partial charge in [0.15, 0.2) is 0 Å². The third kappa shape index (κ3) is 4.38. The zero-order valence-corrected chi connectivity index (χ0v) is 14.8. The van der Waals surface area contributed by atoms with Crippen molar-refractivity contribution in [1.29, 1.82) is 0 Å². The average molecular weight is 348 g/mol. The molecule has 128 valence electrons. The van der Waals surface area contributed by atoms with Gasteiger partial charge in [0, 0.05) is 11.8 Å². The van der Waals surface area contributed by atoms with Gasteiger partial charge in [0.2, 0.25) is 5.91 Å². The molecule has 0 fully saturated rings. The van der Waals surface area contributed by atoms with E-state index >= 15 is 0 Å². The normalized spacial score (nSPS) is 12.0. The Kier molecular flexibility index (Phi) is 6.04. The molecular formula is C18H22ClN3O2. The predicted octanol–water partition coefficient (Wildman–Crippen LogP) is 4.04. The first kappa shape index (κ1) is 18.1. The number of hydrogen-bond acceptors (Lipinski definition) is 4. The molecule has 1 heterocycles. The van der Waals surface area contributed by atoms with E-state index in [-0.39, 0.29) is 11.6 Å². The summed E-state index contributed by atoms with van der Waals surface area (Å²) in [5.74, 6) is 1.22. The topological polar surface area (TPSA) is 77.2 Å². The van der Waals surface area contributed by atoms with E-state index in [9.17, 15) is 4.79 Å². The summed E-state index contributed by atoms with van der Waals surface area (Å²) in [5.41, 5.74) is 6.57. The minimum atomic E-state index is -0.556. The summed E-state index contributed by atoms with van der Waals surface area (Å²) in [6.07, 6.45) is 2.29. The van der Waals surface area contributed by atoms with E-state index in [0.29, 0.717) is 16.8 Å². The van der Waals surface area contributed by atoms with Crippen LogP contribution in [0.1, 0.15) is 42.2 Å². The van der Waals surface area contributed by atoms with Gasteiger partial charge in [-0.2, -0.15) is 0 Å². The molecule has 1 unspecified atom stereocenters. The van der Waals surface area contributed by atoms with Crippen LogP contribution in [0.15, 0.2) is 36.5 Å². The predicted molar refractivity (Wildman–Crippen MR) is 96.6 cm³/mol. The van der Waals surface area contributed by atoms with Crippen molar-refractivity contribution in [2.45, 2.75) is 26.3 Å². The molecule has 5 nitrogen and oxygen atoms in total. The Morgan fingerprint density at radius 1 is 1.38 bits per heavy atom. The number of anilines is 1. The Bertz CT molecular complexity index is 719. The molecule has 0 aliphatic carbocycles. The molecule has 0 saturated carbocycles. The molecule has 0 spiro atoms. The second-order valence-corrected chi connectivity index (χ2v) is 6.39. The van der Waals surface area contributed by atoms with Crippen LogP contribution in [0.4, 0.5) is 5.82 Å². The molecule has 6 heteroatoms. The highest BCUT2D eigenvalue weighted by atomic mass is 35.5. The highest BCUT2D eigenvalue weighted by Gasteiger charge is 2.19. The Morgan fingerprint density at radius 2 is 2.08 bits per heavy atom. The number of rotatable bonds is 7. The summed E-state index contributed by atoms with van der Waals surface area (Å²) in [6.45, 7) is 4.30. The first-order valence-electron chi connectivity index (χ1n) is 7.77. The zero-order valence-electron chi connectivity index (χ0n) is 14.0. The number of hydrogen-bond donors (Lipinski definition) is 2. The summed E-state index contributed by atoms with van der Waals surface area (Å²) in [6, 6.07) is 9.35. The van der Waals surface area contributed by atoms with Crippen LogP contribution in [-0.4, -0.2) is 18.0 Å². The number of ether oxygens (including phenoxy) is 1. The first-order chi connectivity index (χ1) is 11.4. The van der Waals surface area contributed by atoms with Gasteiger partial charge in [-0.15, -0.1) is 0 Å². The molecule has 0 bridgehead atoms. The van der Waals surface area contributed by atoms with Crippen molar-refractivity contribution in [1.82, 2.24) is 4.98 Å². The van der Waals surface area contributed by atoms with Crippen molar-refractivity contribution in [3.8, 4) is 5.75 Å². The van der Waals surface area contributed by atoms with Gasteiger partial charge in [-0.25, -0.2) is 4.98 Å². The molecule has 24 heavy (non-hydrogen) atoms. The van der Waals surface area contributed by atoms with Gasteiger partial charge in [-0.3, -0.25) is 4.79 Å². The van der Waals surface area contributed by atoms with Crippen LogP contribution in [0.5, 0.6) is 5.75 Å². The number of methoxy groups -OCH3 is 1. The largest absolute Gasteiger partial charge is 0.496 e. The summed E-state index contributed by atoms with van der Waals surface area (Å²) < 4.78 is 5.47. The number of benzene rings is 1. The first-order valence-corrected chi connectivity index (χ1v) is 8.15. The van der Waals surface area contributed by atoms with E-state index in [0.717, 1.165) is 17.7 Å². The number of nitrogens with zero attached hydrogens (tertiary/aromatic N) is 1. The number of para-hydroxylation sites is 1. The molecule has 1 aromatic carbocycles. The molecular weight excluding hydrogens is 326 g/mol. The molecule has 2 rings (SSSR count). The highest BCUT2D eigenvalue weighted by Crippen LogP contribution is 2.33. The van der Waals surface area contributed by atoms with E-state index in [4.69, 9.17) is 22.1 Å². The van der Waals surface area contributed by atoms with Crippen LogP contribution >= 0.6 is 11.6 Å². The van der Waals surface area contributed by atoms with Crippen LogP contribution in [0.2, 0.25) is 5.02 Å². The van der Waals surface area contributed by atoms with Crippen molar-refractivity contribution in [3.05, 3.63) is 52.7 Å². The molecule has 0 aliphatic heterocycles. The Morgan fingerprint density at radius 3 is 2.67 bits per heavy atom. The van der Waals surface area contributed by atoms with Crippen molar-refractivity contribution in [2.24, 2.45) is 11.7 Å². The van der Waals surface area contributed by atoms with Gasteiger partial charge in [0.05, 0.1) is 23.7 Å². The molecule has 3 N–H and O–H groups in total. The lowest BCUT2D eigenvalue weighted by molar-refractivity contribution is 0.1000. The average Bonchev–Trinajstić information content (AvgIpc) is 2.55. The fraction of sp³-hybridized carbons (Fsp3) is 0.333. The highest BCUT2D eigenvalue weighted by molar-refractivity contribution is 6.33. The van der Waals surface area contributed by atoms with Crippen LogP contribution < -0.4 is 15.8 Å². The fourth-order valence-electron chi connectivity index (χ4n) is 2.53. The van der Waals surface area contributed by atoms with Crippen molar-refractivity contribution < 1.29 is 9.53 Å². The number of nitrogens with one attached hydrogen (secondary N) is 1. The number of amides is 1. The molecule has 1 amide bonds. The maximum Gasteiger partial charge on any atom is 0.250 e. The quantitative estimate of drug-likeness (QED) is 0.792. The lowest BCUT2D eigenvalue weighted by atomic mass is 9.96. The van der Waals surface area contributed by atoms with Crippen LogP contribution in [-0.2, 0) is 0 Å². The molecule has 0 radical (unpaired) electrons. The maximum atomic E-state index is 11.2. The molecule has 2 aromatic rings. The van der Waals surface area contributed by atoms with Gasteiger partial charge < -0.3 is 15.8 Å². The van der Waals surface area contributed by atoms with E-state index in [1.807, 2.05) is 24.3 Å². The SMILES string of the molecule is COc1ccccc1C(CC(C)C)Nc1ncc(C(N)=O)cc1Cl. The van der Waals surface area contributed by atoms with Crippen molar-refractivity contribution >= 4 is 23.3 Å². The van der Waals surface area contributed by atoms with Crippen LogP contribution in [0, 0.1) is 5.92 Å². The van der Waals surface area contributed by atoms with Gasteiger partial charge in [-0.1, -0.05) is 43.6 Å². The molecule has 1 atom stereocenters. The third-order valence-corrected chi connectivity index (χ3v) is 3.95. The van der Waals surface area contributed by atoms with Crippen molar-refractivity contribution in [3.63, 3.8) is 0 Å². The minimum Gasteiger partial charge on any atom is -0.496 e. The summed E-state index contributed by atoms with van der Waals surface area (Å²) in [7, 11) is 1.65. The number of halogens is 1. The number of aromatic nitrogens is 1. The molecule has 0 aliphatic rings. The Labute approximate surface area is 147 Å². The number of carbonyl (C=O) groups excluding carboxylic acids is 1. The second kappa shape index (κ2) is 8.02. The summed E-state index contributed by atoms with van der Waals surface area (Å²) >= 11 is 6.25. The zero-order chi connectivity index (χ0) is 17.7. The number of carbonyl (C=O) groups is 1. The van der Waals surface area contributed by atoms with Crippen molar-refractivity contribution in [2.75, 3.05) is 12.4 Å². The van der Waals surface area contributed by atoms with E-state index in [2.05, 4.69) is 24.1 Å². The maximum absolute atomic E-state index is 11.2. The summed E-state index contributed by atoms with van der Waals surface area (Å²) in [4.78, 5) is 15.5. The molecule has 1 aromatic heterocycles. The Balaban J connectivity index is 2.34. The minimum absolute atomic E-state index is 0.0226. The van der Waals surface area contributed by atoms with E-state index < -0.39 is 5.91 Å². The number of pyridine rings is 1. The van der Waals surface area contributed by atoms with Gasteiger partial charge in [0.25, 0.3) is 0 Å². The smallest absolute Gasteiger partial charge is 0.250 e. The monoisotopic (exact) mass is 347 g/mol. The van der Waals surface area contributed by atoms with E-state index in [1.165, 1.54) is 12.3 Å². The van der Waals surface area contributed by atoms with Crippen LogP contribution in [0.25, 0.3) is 0 Å². The van der Waals surface area contributed by atoms with Gasteiger partial charge in [0.1, 0.15) is 11.6 Å². The number of nitrogens with two attached hydrogens (primary N) is 1. The standard InChI is InChI=1S/C18H22ClN3O2/c1-11(2)8-15(13-6-4-5-7-16(13)24-3)22-18-14(19)9-12(10-21-18)17(20)23/h4-7,9-11,15H,8H2,1-3H3,(H2,20,23)(H,21,22). The lowest BCUT2D eigenvalue weighted by Gasteiger charge is -2.24. The van der Waals surface area contributed by atoms with E-state index in [1.54, 1.807) is 7.11 Å². The fourth-order valence-corrected chi connectivity index (χ4v) is 2.75. The molecule has 0 saturated heterocycles. The third-order valence-electron chi connectivity index (χ3n) is 3.66. The van der Waals surface area contributed by atoms with Gasteiger partial charge >= 0.3 is 0 Å². The lowest BCUT2D eigenvalue weighted by Crippen LogP contribution is -2.16. The van der Waals surface area contributed by atoms with Crippen LogP contribution in [0.3, 0.4) is 0 Å². The second-order valence-electron chi connectivity index (χ2n) is 5.99. The summed E-state index contributed by atoms with van der Waals surface area (Å²) in [5, 5.41) is 3.72. The Hall–Kier alpha value is -2.27.